The van der Waals surface area contributed by atoms with Gasteiger partial charge in [-0.15, -0.1) is 10.2 Å². The van der Waals surface area contributed by atoms with Crippen molar-refractivity contribution in [3.63, 3.8) is 0 Å². The summed E-state index contributed by atoms with van der Waals surface area (Å²) in [7, 11) is 3.78. The molecule has 0 atom stereocenters. The van der Waals surface area contributed by atoms with Gasteiger partial charge in [0.05, 0.1) is 6.20 Å². The zero-order valence-electron chi connectivity index (χ0n) is 8.31. The van der Waals surface area contributed by atoms with Crippen LogP contribution >= 0.6 is 11.3 Å². The summed E-state index contributed by atoms with van der Waals surface area (Å²) in [6.45, 7) is 0. The number of pyridine rings is 1. The Labute approximate surface area is 90.4 Å². The molecule has 0 saturated heterocycles. The number of nitrogens with zero attached hydrogens (tertiary/aromatic N) is 4. The van der Waals surface area contributed by atoms with E-state index in [1.54, 1.807) is 6.07 Å². The molecule has 2 rings (SSSR count). The highest BCUT2D eigenvalue weighted by Crippen LogP contribution is 2.25. The van der Waals surface area contributed by atoms with E-state index in [1.807, 2.05) is 19.0 Å². The van der Waals surface area contributed by atoms with Gasteiger partial charge in [-0.25, -0.2) is 4.39 Å². The Morgan fingerprint density at radius 3 is 2.60 bits per heavy atom. The highest BCUT2D eigenvalue weighted by Gasteiger charge is 2.08. The van der Waals surface area contributed by atoms with E-state index in [1.165, 1.54) is 23.6 Å². The first-order chi connectivity index (χ1) is 7.16. The fourth-order valence-electron chi connectivity index (χ4n) is 1.00. The van der Waals surface area contributed by atoms with Gasteiger partial charge >= 0.3 is 0 Å². The van der Waals surface area contributed by atoms with Gasteiger partial charge in [-0.05, 0) is 12.1 Å². The normalized spacial score (nSPS) is 10.3. The van der Waals surface area contributed by atoms with Crippen molar-refractivity contribution < 1.29 is 4.39 Å². The van der Waals surface area contributed by atoms with Crippen LogP contribution in [0.5, 0.6) is 0 Å². The molecule has 2 aromatic heterocycles. The standard InChI is InChI=1S/C9H9FN4S/c1-14(2)9-13-12-8(15-9)7-4-3-6(10)5-11-7/h3-5H,1-2H3. The Hall–Kier alpha value is -1.56. The summed E-state index contributed by atoms with van der Waals surface area (Å²) in [5, 5.41) is 9.45. The third kappa shape index (κ3) is 2.10. The number of hydrogen-bond donors (Lipinski definition) is 0. The van der Waals surface area contributed by atoms with E-state index in [2.05, 4.69) is 15.2 Å². The van der Waals surface area contributed by atoms with E-state index in [0.29, 0.717) is 10.7 Å². The third-order valence-electron chi connectivity index (χ3n) is 1.74. The molecule has 15 heavy (non-hydrogen) atoms. The minimum atomic E-state index is -0.351. The molecule has 0 spiro atoms. The minimum Gasteiger partial charge on any atom is -0.353 e. The van der Waals surface area contributed by atoms with Gasteiger partial charge in [-0.3, -0.25) is 4.98 Å². The molecule has 0 N–H and O–H groups in total. The van der Waals surface area contributed by atoms with Gasteiger partial charge in [-0.1, -0.05) is 11.3 Å². The molecule has 0 aliphatic carbocycles. The van der Waals surface area contributed by atoms with Crippen LogP contribution in [-0.4, -0.2) is 29.3 Å². The van der Waals surface area contributed by atoms with Crippen LogP contribution in [0.2, 0.25) is 0 Å². The minimum absolute atomic E-state index is 0.351. The molecule has 4 nitrogen and oxygen atoms in total. The molecule has 2 aromatic rings. The average molecular weight is 224 g/mol. The second-order valence-electron chi connectivity index (χ2n) is 3.15. The molecule has 0 radical (unpaired) electrons. The highest BCUT2D eigenvalue weighted by molar-refractivity contribution is 7.18. The van der Waals surface area contributed by atoms with Crippen LogP contribution in [-0.2, 0) is 0 Å². The van der Waals surface area contributed by atoms with E-state index < -0.39 is 0 Å². The fourth-order valence-corrected chi connectivity index (χ4v) is 1.75. The molecule has 0 fully saturated rings. The van der Waals surface area contributed by atoms with E-state index >= 15 is 0 Å². The first-order valence-electron chi connectivity index (χ1n) is 4.29. The molecule has 0 bridgehead atoms. The molecule has 0 amide bonds. The lowest BCUT2D eigenvalue weighted by Gasteiger charge is -2.03. The monoisotopic (exact) mass is 224 g/mol. The summed E-state index contributed by atoms with van der Waals surface area (Å²) >= 11 is 1.42. The van der Waals surface area contributed by atoms with Crippen LogP contribution in [0.3, 0.4) is 0 Å². The molecule has 2 heterocycles. The van der Waals surface area contributed by atoms with E-state index in [4.69, 9.17) is 0 Å². The van der Waals surface area contributed by atoms with Crippen molar-refractivity contribution in [3.05, 3.63) is 24.1 Å². The summed E-state index contributed by atoms with van der Waals surface area (Å²) < 4.78 is 12.6. The molecule has 0 saturated carbocycles. The molecule has 78 valence electrons. The Morgan fingerprint density at radius 1 is 1.27 bits per heavy atom. The van der Waals surface area contributed by atoms with Crippen molar-refractivity contribution in [2.45, 2.75) is 0 Å². The molecule has 0 aliphatic rings. The van der Waals surface area contributed by atoms with Crippen molar-refractivity contribution >= 4 is 16.5 Å². The molecule has 0 aliphatic heterocycles. The van der Waals surface area contributed by atoms with Crippen LogP contribution in [0.1, 0.15) is 0 Å². The van der Waals surface area contributed by atoms with E-state index in [-0.39, 0.29) is 5.82 Å². The van der Waals surface area contributed by atoms with Gasteiger partial charge in [0.2, 0.25) is 5.13 Å². The topological polar surface area (TPSA) is 41.9 Å². The summed E-state index contributed by atoms with van der Waals surface area (Å²) in [5.74, 6) is -0.351. The predicted octanol–water partition coefficient (Wildman–Crippen LogP) is 1.81. The van der Waals surface area contributed by atoms with Crippen LogP contribution in [0, 0.1) is 5.82 Å². The van der Waals surface area contributed by atoms with Crippen molar-refractivity contribution in [1.29, 1.82) is 0 Å². The van der Waals surface area contributed by atoms with Gasteiger partial charge in [0, 0.05) is 14.1 Å². The molecule has 0 unspecified atom stereocenters. The average Bonchev–Trinajstić information content (AvgIpc) is 2.68. The summed E-state index contributed by atoms with van der Waals surface area (Å²) in [6, 6.07) is 2.95. The van der Waals surface area contributed by atoms with Gasteiger partial charge in [0.1, 0.15) is 11.5 Å². The van der Waals surface area contributed by atoms with E-state index in [0.717, 1.165) is 5.13 Å². The Morgan fingerprint density at radius 2 is 2.07 bits per heavy atom. The van der Waals surface area contributed by atoms with Gasteiger partial charge in [-0.2, -0.15) is 0 Å². The Bertz CT molecular complexity index is 451. The number of rotatable bonds is 2. The summed E-state index contributed by atoms with van der Waals surface area (Å²) in [6.07, 6.45) is 1.17. The Balaban J connectivity index is 2.33. The lowest BCUT2D eigenvalue weighted by atomic mass is 10.4. The largest absolute Gasteiger partial charge is 0.353 e. The highest BCUT2D eigenvalue weighted by atomic mass is 32.1. The third-order valence-corrected chi connectivity index (χ3v) is 2.86. The fraction of sp³-hybridized carbons (Fsp3) is 0.222. The maximum atomic E-state index is 12.6. The van der Waals surface area contributed by atoms with Crippen LogP contribution in [0.4, 0.5) is 9.52 Å². The lowest BCUT2D eigenvalue weighted by molar-refractivity contribution is 0.622. The van der Waals surface area contributed by atoms with Gasteiger partial charge < -0.3 is 4.90 Å². The lowest BCUT2D eigenvalue weighted by Crippen LogP contribution is -2.07. The van der Waals surface area contributed by atoms with Gasteiger partial charge in [0.15, 0.2) is 5.01 Å². The van der Waals surface area contributed by atoms with Gasteiger partial charge in [0.25, 0.3) is 0 Å². The SMILES string of the molecule is CN(C)c1nnc(-c2ccc(F)cn2)s1. The number of halogens is 1. The zero-order valence-corrected chi connectivity index (χ0v) is 9.12. The second kappa shape index (κ2) is 3.90. The quantitative estimate of drug-likeness (QED) is 0.780. The number of aromatic nitrogens is 3. The van der Waals surface area contributed by atoms with Crippen molar-refractivity contribution in [3.8, 4) is 10.7 Å². The molecular formula is C9H9FN4S. The number of hydrogen-bond acceptors (Lipinski definition) is 5. The van der Waals surface area contributed by atoms with E-state index in [9.17, 15) is 4.39 Å². The molecule has 6 heteroatoms. The molecular weight excluding hydrogens is 215 g/mol. The van der Waals surface area contributed by atoms with Crippen molar-refractivity contribution in [2.75, 3.05) is 19.0 Å². The maximum absolute atomic E-state index is 12.6. The second-order valence-corrected chi connectivity index (χ2v) is 4.10. The maximum Gasteiger partial charge on any atom is 0.208 e. The Kier molecular flexibility index (Phi) is 2.59. The first kappa shape index (κ1) is 9.97. The zero-order chi connectivity index (χ0) is 10.8. The van der Waals surface area contributed by atoms with Crippen LogP contribution in [0.15, 0.2) is 18.3 Å². The smallest absolute Gasteiger partial charge is 0.208 e. The predicted molar refractivity (Wildman–Crippen MR) is 57.4 cm³/mol. The van der Waals surface area contributed by atoms with Crippen LogP contribution < -0.4 is 4.90 Å². The number of anilines is 1. The van der Waals surface area contributed by atoms with Crippen molar-refractivity contribution in [1.82, 2.24) is 15.2 Å². The summed E-state index contributed by atoms with van der Waals surface area (Å²) in [4.78, 5) is 5.80. The van der Waals surface area contributed by atoms with Crippen LogP contribution in [0.25, 0.3) is 10.7 Å². The summed E-state index contributed by atoms with van der Waals surface area (Å²) in [5.41, 5.74) is 0.641. The van der Waals surface area contributed by atoms with Crippen molar-refractivity contribution in [2.24, 2.45) is 0 Å². The first-order valence-corrected chi connectivity index (χ1v) is 5.11. The molecule has 0 aromatic carbocycles.